The smallest absolute Gasteiger partial charge is 0.319 e. The van der Waals surface area contributed by atoms with Crippen LogP contribution in [0.15, 0.2) is 12.1 Å². The van der Waals surface area contributed by atoms with E-state index in [1.54, 1.807) is 20.1 Å². The van der Waals surface area contributed by atoms with Crippen LogP contribution in [0.5, 0.6) is 6.01 Å². The third kappa shape index (κ3) is 5.38. The highest BCUT2D eigenvalue weighted by atomic mass is 32.1. The normalized spacial score (nSPS) is 24.6. The minimum Gasteiger partial charge on any atom is -0.462 e. The highest BCUT2D eigenvalue weighted by Crippen LogP contribution is 2.49. The average Bonchev–Trinajstić information content (AvgIpc) is 3.83. The number of likely N-dealkylation sites (tertiary alicyclic amines) is 2. The van der Waals surface area contributed by atoms with Gasteiger partial charge < -0.3 is 30.0 Å². The Kier molecular flexibility index (Phi) is 8.33. The SMILES string of the molecule is CO[C@@H]1C[C@@H](COc2nc(N3C4CCC3CN(CC(C)O)C4)c3c4c(c(-c5c(F)ccc6sc(N)c(C#N)c56)c(F)c3n2)COC4)N(C)C1. The number of aliphatic hydroxyl groups excluding tert-OH is 1. The summed E-state index contributed by atoms with van der Waals surface area (Å²) in [5, 5.41) is 21.2. The van der Waals surface area contributed by atoms with Crippen molar-refractivity contribution in [2.24, 2.45) is 0 Å². The molecule has 0 aliphatic carbocycles. The lowest BCUT2D eigenvalue weighted by atomic mass is 9.90. The summed E-state index contributed by atoms with van der Waals surface area (Å²) in [6.07, 6.45) is 2.27. The van der Waals surface area contributed by atoms with Crippen molar-refractivity contribution in [2.45, 2.75) is 69.7 Å². The van der Waals surface area contributed by atoms with Gasteiger partial charge in [0.2, 0.25) is 0 Å². The zero-order valence-electron chi connectivity index (χ0n) is 27.7. The summed E-state index contributed by atoms with van der Waals surface area (Å²) in [7, 11) is 3.72. The second kappa shape index (κ2) is 12.6. The minimum absolute atomic E-state index is 0.0178. The zero-order valence-corrected chi connectivity index (χ0v) is 28.5. The molecule has 6 heterocycles. The summed E-state index contributed by atoms with van der Waals surface area (Å²) in [4.78, 5) is 16.5. The van der Waals surface area contributed by atoms with Crippen LogP contribution in [0, 0.1) is 23.0 Å². The van der Waals surface area contributed by atoms with Crippen molar-refractivity contribution in [1.82, 2.24) is 19.8 Å². The van der Waals surface area contributed by atoms with Crippen LogP contribution in [0.1, 0.15) is 42.9 Å². The van der Waals surface area contributed by atoms with Gasteiger partial charge in [-0.1, -0.05) is 0 Å². The molecule has 0 amide bonds. The van der Waals surface area contributed by atoms with E-state index >= 15 is 8.78 Å². The second-order valence-electron chi connectivity index (χ2n) is 13.8. The Morgan fingerprint density at radius 1 is 1.12 bits per heavy atom. The molecule has 4 aromatic rings. The van der Waals surface area contributed by atoms with E-state index in [0.717, 1.165) is 38.9 Å². The fraction of sp³-hybridized carbons (Fsp3) is 0.514. The number of piperazine rings is 1. The highest BCUT2D eigenvalue weighted by Gasteiger charge is 2.43. The number of likely N-dealkylation sites (N-methyl/N-ethyl adjacent to an activating group) is 1. The molecule has 0 saturated carbocycles. The Morgan fingerprint density at radius 3 is 2.57 bits per heavy atom. The van der Waals surface area contributed by atoms with Gasteiger partial charge in [0, 0.05) is 72.6 Å². The molecule has 2 aromatic carbocycles. The number of nitrogens with two attached hydrogens (primary N) is 1. The molecule has 11 nitrogen and oxygen atoms in total. The van der Waals surface area contributed by atoms with Crippen LogP contribution in [-0.2, 0) is 22.7 Å². The number of aromatic nitrogens is 2. The van der Waals surface area contributed by atoms with Gasteiger partial charge in [0.25, 0.3) is 0 Å². The number of rotatable bonds is 8. The molecule has 258 valence electrons. The predicted octanol–water partition coefficient (Wildman–Crippen LogP) is 4.41. The molecule has 4 aliphatic heterocycles. The van der Waals surface area contributed by atoms with Crippen molar-refractivity contribution in [3.8, 4) is 23.2 Å². The Balaban J connectivity index is 1.32. The Labute approximate surface area is 286 Å². The van der Waals surface area contributed by atoms with Gasteiger partial charge in [0.05, 0.1) is 36.4 Å². The third-order valence-electron chi connectivity index (χ3n) is 10.7. The van der Waals surface area contributed by atoms with Gasteiger partial charge in [-0.05, 0) is 56.5 Å². The van der Waals surface area contributed by atoms with Gasteiger partial charge in [-0.25, -0.2) is 8.78 Å². The van der Waals surface area contributed by atoms with Crippen molar-refractivity contribution in [1.29, 1.82) is 5.26 Å². The predicted molar refractivity (Wildman–Crippen MR) is 183 cm³/mol. The molecule has 2 aromatic heterocycles. The van der Waals surface area contributed by atoms with Gasteiger partial charge in [0.1, 0.15) is 34.8 Å². The summed E-state index contributed by atoms with van der Waals surface area (Å²) >= 11 is 1.17. The largest absolute Gasteiger partial charge is 0.462 e. The highest BCUT2D eigenvalue weighted by molar-refractivity contribution is 7.23. The number of nitrogens with zero attached hydrogens (tertiary/aromatic N) is 6. The first-order chi connectivity index (χ1) is 23.7. The summed E-state index contributed by atoms with van der Waals surface area (Å²) < 4.78 is 51.9. The molecule has 3 saturated heterocycles. The number of anilines is 2. The first-order valence-electron chi connectivity index (χ1n) is 16.7. The number of nitrogen functional groups attached to an aromatic ring is 1. The summed E-state index contributed by atoms with van der Waals surface area (Å²) in [5.74, 6) is -0.795. The fourth-order valence-corrected chi connectivity index (χ4v) is 9.40. The molecular weight excluding hydrogens is 652 g/mol. The van der Waals surface area contributed by atoms with E-state index in [1.165, 1.54) is 17.4 Å². The number of halogens is 2. The molecule has 0 spiro atoms. The molecule has 8 rings (SSSR count). The zero-order chi connectivity index (χ0) is 34.1. The van der Waals surface area contributed by atoms with Crippen LogP contribution >= 0.6 is 11.3 Å². The van der Waals surface area contributed by atoms with E-state index < -0.39 is 17.7 Å². The fourth-order valence-electron chi connectivity index (χ4n) is 8.47. The van der Waals surface area contributed by atoms with E-state index in [1.807, 2.05) is 7.05 Å². The lowest BCUT2D eigenvalue weighted by molar-refractivity contribution is 0.110. The van der Waals surface area contributed by atoms with Crippen molar-refractivity contribution in [2.75, 3.05) is 57.6 Å². The molecule has 2 bridgehead atoms. The topological polar surface area (TPSA) is 133 Å². The van der Waals surface area contributed by atoms with Crippen molar-refractivity contribution in [3.05, 3.63) is 40.5 Å². The average molecular weight is 692 g/mol. The van der Waals surface area contributed by atoms with Gasteiger partial charge in [-0.2, -0.15) is 15.2 Å². The molecule has 14 heteroatoms. The maximum Gasteiger partial charge on any atom is 0.319 e. The third-order valence-corrected chi connectivity index (χ3v) is 11.6. The van der Waals surface area contributed by atoms with Crippen molar-refractivity contribution >= 4 is 43.1 Å². The maximum atomic E-state index is 17.4. The second-order valence-corrected chi connectivity index (χ2v) is 14.9. The number of ether oxygens (including phenoxy) is 3. The number of methoxy groups -OCH3 is 1. The van der Waals surface area contributed by atoms with Gasteiger partial charge in [-0.15, -0.1) is 11.3 Å². The van der Waals surface area contributed by atoms with Crippen LogP contribution in [-0.4, -0.2) is 102 Å². The quantitative estimate of drug-likeness (QED) is 0.272. The maximum absolute atomic E-state index is 17.4. The Hall–Kier alpha value is -3.71. The molecule has 3 unspecified atom stereocenters. The van der Waals surface area contributed by atoms with Crippen molar-refractivity contribution in [3.63, 3.8) is 0 Å². The lowest BCUT2D eigenvalue weighted by Crippen LogP contribution is -2.55. The molecular formula is C35H39F2N7O4S. The number of nitriles is 1. The van der Waals surface area contributed by atoms with Gasteiger partial charge >= 0.3 is 6.01 Å². The van der Waals surface area contributed by atoms with Crippen molar-refractivity contribution < 1.29 is 28.1 Å². The number of β-amino-alcohol motifs (C(OH)–C–C–N with tert-alkyl or cyclic N) is 1. The van der Waals surface area contributed by atoms with Crippen LogP contribution < -0.4 is 15.4 Å². The molecule has 5 atom stereocenters. The van der Waals surface area contributed by atoms with Gasteiger partial charge in [0.15, 0.2) is 5.82 Å². The van der Waals surface area contributed by atoms with E-state index in [4.69, 9.17) is 29.9 Å². The standard InChI is InChI=1S/C35H39F2N7O4S/c1-17(45)10-43-11-18-4-5-19(12-43)44(18)34-29-24-16-47-15-23(24)28(30-25(36)6-7-26-27(30)22(9-38)33(39)49-26)31(37)32(29)40-35(41-34)48-14-20-8-21(46-3)13-42(20)2/h6-7,17-21,45H,4-5,8,10-16,39H2,1-3H3/t17?,18?,19?,20-,21+/m0/s1. The molecule has 0 radical (unpaired) electrons. The van der Waals surface area contributed by atoms with E-state index in [2.05, 4.69) is 20.8 Å². The first-order valence-corrected chi connectivity index (χ1v) is 17.6. The Bertz CT molecular complexity index is 1990. The van der Waals surface area contributed by atoms with Crippen LogP contribution in [0.3, 0.4) is 0 Å². The van der Waals surface area contributed by atoms with Gasteiger partial charge in [-0.3, -0.25) is 9.80 Å². The lowest BCUT2D eigenvalue weighted by Gasteiger charge is -2.42. The Morgan fingerprint density at radius 2 is 1.88 bits per heavy atom. The molecule has 3 N–H and O–H groups in total. The monoisotopic (exact) mass is 691 g/mol. The summed E-state index contributed by atoms with van der Waals surface area (Å²) in [6.45, 7) is 5.13. The number of hydrogen-bond donors (Lipinski definition) is 2. The summed E-state index contributed by atoms with van der Waals surface area (Å²) in [6, 6.07) is 5.24. The molecule has 4 aliphatic rings. The minimum atomic E-state index is -0.717. The van der Waals surface area contributed by atoms with E-state index in [-0.39, 0.29) is 82.7 Å². The van der Waals surface area contributed by atoms with E-state index in [0.29, 0.717) is 33.6 Å². The number of benzene rings is 2. The number of thiophene rings is 1. The number of aliphatic hydroxyl groups is 1. The number of fused-ring (bicyclic) bond motifs is 6. The van der Waals surface area contributed by atoms with Crippen LogP contribution in [0.2, 0.25) is 0 Å². The van der Waals surface area contributed by atoms with Crippen LogP contribution in [0.25, 0.3) is 32.1 Å². The molecule has 49 heavy (non-hydrogen) atoms. The molecule has 3 fully saturated rings. The summed E-state index contributed by atoms with van der Waals surface area (Å²) in [5.41, 5.74) is 7.56. The van der Waals surface area contributed by atoms with Crippen LogP contribution in [0.4, 0.5) is 19.6 Å². The first kappa shape index (κ1) is 32.5. The van der Waals surface area contributed by atoms with E-state index in [9.17, 15) is 10.4 Å². The number of hydrogen-bond acceptors (Lipinski definition) is 12.